The van der Waals surface area contributed by atoms with E-state index in [1.807, 2.05) is 0 Å². The first-order valence-corrected chi connectivity index (χ1v) is 14.4. The molecule has 4 aromatic rings. The number of rotatable bonds is 13. The lowest BCUT2D eigenvalue weighted by atomic mass is 10.0. The van der Waals surface area contributed by atoms with Gasteiger partial charge in [0.05, 0.1) is 18.3 Å². The predicted octanol–water partition coefficient (Wildman–Crippen LogP) is 5.96. The lowest BCUT2D eigenvalue weighted by Gasteiger charge is -2.26. The molecule has 0 radical (unpaired) electrons. The minimum absolute atomic E-state index is 0.109. The summed E-state index contributed by atoms with van der Waals surface area (Å²) in [5, 5.41) is 0.573. The van der Waals surface area contributed by atoms with Gasteiger partial charge in [-0.25, -0.2) is 8.78 Å². The Labute approximate surface area is 254 Å². The summed E-state index contributed by atoms with van der Waals surface area (Å²) in [4.78, 5) is 33.5. The maximum Gasteiger partial charge on any atom is 0.247 e. The van der Waals surface area contributed by atoms with E-state index in [2.05, 4.69) is 23.7 Å². The van der Waals surface area contributed by atoms with Gasteiger partial charge in [-0.05, 0) is 74.5 Å². The molecule has 1 aromatic heterocycles. The summed E-state index contributed by atoms with van der Waals surface area (Å²) in [5.74, 6) is -1.41. The van der Waals surface area contributed by atoms with Gasteiger partial charge in [-0.15, -0.1) is 0 Å². The van der Waals surface area contributed by atoms with Gasteiger partial charge in [0.1, 0.15) is 23.6 Å². The van der Waals surface area contributed by atoms with Gasteiger partial charge in [0.2, 0.25) is 11.8 Å². The van der Waals surface area contributed by atoms with Gasteiger partial charge in [-0.1, -0.05) is 13.8 Å². The van der Waals surface area contributed by atoms with E-state index in [1.54, 1.807) is 24.4 Å². The van der Waals surface area contributed by atoms with Crippen molar-refractivity contribution in [2.24, 2.45) is 11.1 Å². The maximum atomic E-state index is 15.6. The molecule has 2 N–H and O–H groups in total. The van der Waals surface area contributed by atoms with Crippen molar-refractivity contribution in [3.8, 4) is 23.0 Å². The summed E-state index contributed by atoms with van der Waals surface area (Å²) < 4.78 is 46.8. The van der Waals surface area contributed by atoms with Crippen LogP contribution in [0.4, 0.5) is 20.2 Å². The Morgan fingerprint density at radius 3 is 2.23 bits per heavy atom. The molecule has 9 nitrogen and oxygen atoms in total. The van der Waals surface area contributed by atoms with E-state index in [1.165, 1.54) is 48.4 Å². The van der Waals surface area contributed by atoms with Gasteiger partial charge in [0.25, 0.3) is 0 Å². The van der Waals surface area contributed by atoms with E-state index >= 15 is 4.39 Å². The molecule has 1 heterocycles. The summed E-state index contributed by atoms with van der Waals surface area (Å²) in [6.07, 6.45) is 2.11. The van der Waals surface area contributed by atoms with Crippen LogP contribution in [-0.4, -0.2) is 55.0 Å². The molecule has 0 spiro atoms. The number of amides is 2. The van der Waals surface area contributed by atoms with Crippen LogP contribution in [0.1, 0.15) is 26.7 Å². The highest BCUT2D eigenvalue weighted by Gasteiger charge is 2.57. The number of benzene rings is 3. The van der Waals surface area contributed by atoms with Crippen molar-refractivity contribution in [1.29, 1.82) is 0 Å². The normalized spacial score (nSPS) is 13.5. The summed E-state index contributed by atoms with van der Waals surface area (Å²) in [6, 6.07) is 14.2. The second-order valence-corrected chi connectivity index (χ2v) is 10.5. The molecule has 1 aliphatic carbocycles. The number of likely N-dealkylation sites (N-methyl/N-ethyl adjacent to an activating group) is 1. The number of hydrogen-bond donors (Lipinski definition) is 1. The Morgan fingerprint density at radius 1 is 0.909 bits per heavy atom. The third-order valence-electron chi connectivity index (χ3n) is 7.86. The molecule has 5 rings (SSSR count). The number of primary amides is 1. The fraction of sp³-hybridized carbons (Fsp3) is 0.303. The minimum Gasteiger partial charge on any atom is -0.493 e. The number of aromatic nitrogens is 1. The van der Waals surface area contributed by atoms with Gasteiger partial charge in [-0.2, -0.15) is 0 Å². The summed E-state index contributed by atoms with van der Waals surface area (Å²) in [5.41, 5.74) is 5.12. The van der Waals surface area contributed by atoms with Gasteiger partial charge in [0.15, 0.2) is 23.1 Å². The molecule has 1 fully saturated rings. The molecule has 11 heteroatoms. The number of pyridine rings is 1. The molecular weight excluding hydrogens is 570 g/mol. The number of carbonyl (C=O) groups is 2. The Bertz CT molecular complexity index is 1670. The fourth-order valence-electron chi connectivity index (χ4n) is 5.02. The Kier molecular flexibility index (Phi) is 8.96. The van der Waals surface area contributed by atoms with Crippen LogP contribution in [-0.2, 0) is 9.59 Å². The molecular formula is C33H34F2N4O5. The predicted molar refractivity (Wildman–Crippen MR) is 162 cm³/mol. The van der Waals surface area contributed by atoms with Crippen LogP contribution in [0.3, 0.4) is 0 Å². The summed E-state index contributed by atoms with van der Waals surface area (Å²) in [7, 11) is 1.53. The van der Waals surface area contributed by atoms with E-state index in [0.29, 0.717) is 34.8 Å². The van der Waals surface area contributed by atoms with Crippen LogP contribution in [0, 0.1) is 17.0 Å². The quantitative estimate of drug-likeness (QED) is 0.188. The highest BCUT2D eigenvalue weighted by molar-refractivity contribution is 6.16. The van der Waals surface area contributed by atoms with Crippen molar-refractivity contribution >= 4 is 34.1 Å². The van der Waals surface area contributed by atoms with Crippen LogP contribution in [0.2, 0.25) is 0 Å². The molecule has 44 heavy (non-hydrogen) atoms. The second kappa shape index (κ2) is 12.8. The first-order valence-electron chi connectivity index (χ1n) is 14.4. The topological polar surface area (TPSA) is 107 Å². The minimum atomic E-state index is -1.39. The first-order chi connectivity index (χ1) is 21.2. The molecule has 1 aliphatic rings. The van der Waals surface area contributed by atoms with E-state index in [0.717, 1.165) is 25.7 Å². The number of fused-ring (bicyclic) bond motifs is 1. The highest BCUT2D eigenvalue weighted by atomic mass is 19.1. The zero-order chi connectivity index (χ0) is 31.4. The number of hydrogen-bond acceptors (Lipinski definition) is 7. The number of anilines is 2. The van der Waals surface area contributed by atoms with Crippen LogP contribution >= 0.6 is 0 Å². The lowest BCUT2D eigenvalue weighted by molar-refractivity contribution is -0.133. The zero-order valence-electron chi connectivity index (χ0n) is 24.8. The summed E-state index contributed by atoms with van der Waals surface area (Å²) >= 11 is 0. The highest BCUT2D eigenvalue weighted by Crippen LogP contribution is 2.49. The average molecular weight is 605 g/mol. The zero-order valence-corrected chi connectivity index (χ0v) is 24.8. The fourth-order valence-corrected chi connectivity index (χ4v) is 5.02. The van der Waals surface area contributed by atoms with Crippen molar-refractivity contribution in [2.45, 2.75) is 26.7 Å². The van der Waals surface area contributed by atoms with Gasteiger partial charge in [0, 0.05) is 35.9 Å². The third-order valence-corrected chi connectivity index (χ3v) is 7.86. The molecule has 1 saturated carbocycles. The second-order valence-electron chi connectivity index (χ2n) is 10.5. The molecule has 3 aromatic carbocycles. The molecule has 230 valence electrons. The van der Waals surface area contributed by atoms with Crippen molar-refractivity contribution in [3.05, 3.63) is 78.5 Å². The van der Waals surface area contributed by atoms with Crippen molar-refractivity contribution in [3.63, 3.8) is 0 Å². The largest absolute Gasteiger partial charge is 0.493 e. The maximum absolute atomic E-state index is 15.6. The smallest absolute Gasteiger partial charge is 0.247 e. The molecule has 0 unspecified atom stereocenters. The summed E-state index contributed by atoms with van der Waals surface area (Å²) in [6.45, 7) is 7.25. The van der Waals surface area contributed by atoms with Gasteiger partial charge in [-0.3, -0.25) is 19.5 Å². The number of halogens is 2. The van der Waals surface area contributed by atoms with Crippen molar-refractivity contribution in [2.75, 3.05) is 38.3 Å². The molecule has 2 amide bonds. The molecule has 0 saturated heterocycles. The number of ether oxygens (including phenoxy) is 3. The average Bonchev–Trinajstić information content (AvgIpc) is 3.84. The van der Waals surface area contributed by atoms with E-state index < -0.39 is 28.9 Å². The van der Waals surface area contributed by atoms with E-state index in [-0.39, 0.29) is 30.0 Å². The van der Waals surface area contributed by atoms with Crippen LogP contribution < -0.4 is 24.8 Å². The Balaban J connectivity index is 1.43. The first kappa shape index (κ1) is 30.7. The monoisotopic (exact) mass is 604 g/mol. The van der Waals surface area contributed by atoms with Crippen LogP contribution in [0.25, 0.3) is 10.9 Å². The Morgan fingerprint density at radius 2 is 1.61 bits per heavy atom. The lowest BCUT2D eigenvalue weighted by Crippen LogP contribution is -2.41. The Hall–Kier alpha value is -4.77. The van der Waals surface area contributed by atoms with Crippen molar-refractivity contribution < 1.29 is 32.6 Å². The molecule has 0 bridgehead atoms. The molecule has 0 aliphatic heterocycles. The van der Waals surface area contributed by atoms with Crippen molar-refractivity contribution in [1.82, 2.24) is 9.88 Å². The van der Waals surface area contributed by atoms with Gasteiger partial charge < -0.3 is 24.8 Å². The third kappa shape index (κ3) is 6.14. The van der Waals surface area contributed by atoms with E-state index in [9.17, 15) is 14.0 Å². The number of nitrogens with two attached hydrogens (primary N) is 1. The van der Waals surface area contributed by atoms with Crippen LogP contribution in [0.5, 0.6) is 23.0 Å². The number of nitrogens with zero attached hydrogens (tertiary/aromatic N) is 3. The van der Waals surface area contributed by atoms with Gasteiger partial charge >= 0.3 is 0 Å². The molecule has 0 atom stereocenters. The SMILES string of the molecule is CCN(CC)CCOc1cc2nccc(Oc3ccc(N(C(=O)C4(C(N)=O)CC4)c4ccc(F)cc4)cc3F)c2cc1OC. The number of carbonyl (C=O) groups excluding carboxylic acids is 2. The van der Waals surface area contributed by atoms with Crippen LogP contribution in [0.15, 0.2) is 66.9 Å². The standard InChI is InChI=1S/C33H34F2N4O5/c1-4-38(5-2)16-17-43-30-20-26-24(19-29(30)42-3)27(12-15-37-26)44-28-11-10-23(18-25(28)35)39(22-8-6-21(34)7-9-22)32(41)33(13-14-33)31(36)40/h6-12,15,18-20H,4-5,13-14,16-17H2,1-3H3,(H2,36,40). The number of methoxy groups -OCH3 is 1. The van der Waals surface area contributed by atoms with E-state index in [4.69, 9.17) is 19.9 Å².